The van der Waals surface area contributed by atoms with E-state index in [9.17, 15) is 14.4 Å². The molecule has 3 aromatic rings. The van der Waals surface area contributed by atoms with E-state index in [1.165, 1.54) is 0 Å². The van der Waals surface area contributed by atoms with Crippen LogP contribution in [0.2, 0.25) is 0 Å². The van der Waals surface area contributed by atoms with Gasteiger partial charge in [0.15, 0.2) is 19.0 Å². The lowest BCUT2D eigenvalue weighted by Crippen LogP contribution is -2.31. The molecule has 1 aromatic heterocycles. The molecule has 0 saturated heterocycles. The molecule has 1 atom stereocenters. The monoisotopic (exact) mass is 409 g/mol. The van der Waals surface area contributed by atoms with Gasteiger partial charge in [-0.3, -0.25) is 9.59 Å². The molecule has 0 aliphatic carbocycles. The number of para-hydroxylation sites is 1. The predicted octanol–water partition coefficient (Wildman–Crippen LogP) is 3.82. The summed E-state index contributed by atoms with van der Waals surface area (Å²) in [4.78, 5) is 35.5. The number of rotatable bonds is 9. The Morgan fingerprint density at radius 2 is 1.77 bits per heavy atom. The summed E-state index contributed by atoms with van der Waals surface area (Å²) in [5.74, 6) is -0.0374. The van der Waals surface area contributed by atoms with E-state index in [2.05, 4.69) is 5.32 Å². The number of esters is 1. The van der Waals surface area contributed by atoms with Crippen LogP contribution < -0.4 is 10.1 Å². The van der Waals surface area contributed by atoms with E-state index in [1.807, 2.05) is 30.3 Å². The van der Waals surface area contributed by atoms with Crippen molar-refractivity contribution in [1.82, 2.24) is 5.32 Å². The van der Waals surface area contributed by atoms with Crippen LogP contribution in [0, 0.1) is 0 Å². The van der Waals surface area contributed by atoms with Crippen LogP contribution in [0.25, 0.3) is 11.0 Å². The largest absolute Gasteiger partial charge is 0.482 e. The summed E-state index contributed by atoms with van der Waals surface area (Å²) >= 11 is 0. The van der Waals surface area contributed by atoms with Crippen molar-refractivity contribution >= 4 is 28.6 Å². The average molecular weight is 409 g/mol. The Balaban J connectivity index is 1.41. The number of ketones is 1. The van der Waals surface area contributed by atoms with Gasteiger partial charge in [-0.05, 0) is 43.3 Å². The van der Waals surface area contributed by atoms with Crippen molar-refractivity contribution in [2.45, 2.75) is 26.3 Å². The highest BCUT2D eigenvalue weighted by Crippen LogP contribution is 2.23. The van der Waals surface area contributed by atoms with E-state index in [1.54, 1.807) is 38.1 Å². The topological polar surface area (TPSA) is 94.8 Å². The van der Waals surface area contributed by atoms with Gasteiger partial charge < -0.3 is 19.2 Å². The number of amides is 1. The lowest BCUT2D eigenvalue weighted by molar-refractivity contribution is -0.150. The molecule has 1 amide bonds. The molecule has 0 saturated carbocycles. The van der Waals surface area contributed by atoms with Crippen molar-refractivity contribution in [3.63, 3.8) is 0 Å². The fraction of sp³-hybridized carbons (Fsp3) is 0.261. The quantitative estimate of drug-likeness (QED) is 0.426. The maximum absolute atomic E-state index is 12.0. The number of furan rings is 1. The van der Waals surface area contributed by atoms with Crippen LogP contribution in [-0.2, 0) is 14.3 Å². The fourth-order valence-corrected chi connectivity index (χ4v) is 2.84. The number of hydrogen-bond acceptors (Lipinski definition) is 6. The minimum Gasteiger partial charge on any atom is -0.482 e. The number of nitrogens with one attached hydrogen (secondary N) is 1. The summed E-state index contributed by atoms with van der Waals surface area (Å²) < 4.78 is 16.0. The number of benzene rings is 2. The number of carbonyl (C=O) groups is 3. The first-order valence-corrected chi connectivity index (χ1v) is 9.65. The van der Waals surface area contributed by atoms with E-state index >= 15 is 0 Å². The van der Waals surface area contributed by atoms with Crippen LogP contribution in [0.3, 0.4) is 0 Å². The molecule has 0 spiro atoms. The van der Waals surface area contributed by atoms with E-state index in [0.717, 1.165) is 11.0 Å². The molecule has 0 fully saturated rings. The van der Waals surface area contributed by atoms with Gasteiger partial charge in [0.1, 0.15) is 17.1 Å². The Hall–Kier alpha value is -3.61. The van der Waals surface area contributed by atoms with Crippen molar-refractivity contribution in [1.29, 1.82) is 0 Å². The van der Waals surface area contributed by atoms with Crippen LogP contribution in [0.4, 0.5) is 0 Å². The standard InChI is InChI=1S/C23H23NO6/c1-3-19(25)16-8-10-18(11-9-16)28-14-23(27)29-13-22(26)24-15(2)21-12-17-6-4-5-7-20(17)30-21/h4-12,15H,3,13-14H2,1-2H3,(H,24,26)/t15-/m1/s1. The molecule has 0 aliphatic rings. The second-order valence-corrected chi connectivity index (χ2v) is 6.73. The number of carbonyl (C=O) groups excluding carboxylic acids is 3. The zero-order chi connectivity index (χ0) is 21.5. The molecule has 0 unspecified atom stereocenters. The maximum atomic E-state index is 12.0. The first kappa shape index (κ1) is 21.1. The Kier molecular flexibility index (Phi) is 6.85. The van der Waals surface area contributed by atoms with Gasteiger partial charge in [0.2, 0.25) is 0 Å². The molecule has 7 nitrogen and oxygen atoms in total. The number of Topliss-reactive ketones (excluding diaryl/α,β-unsaturated/α-hetero) is 1. The fourth-order valence-electron chi connectivity index (χ4n) is 2.84. The molecular weight excluding hydrogens is 386 g/mol. The SMILES string of the molecule is CCC(=O)c1ccc(OCC(=O)OCC(=O)N[C@H](C)c2cc3ccccc3o2)cc1. The lowest BCUT2D eigenvalue weighted by Gasteiger charge is -2.12. The van der Waals surface area contributed by atoms with E-state index in [0.29, 0.717) is 23.5 Å². The highest BCUT2D eigenvalue weighted by Gasteiger charge is 2.15. The summed E-state index contributed by atoms with van der Waals surface area (Å²) in [7, 11) is 0. The highest BCUT2D eigenvalue weighted by molar-refractivity contribution is 5.95. The van der Waals surface area contributed by atoms with Gasteiger partial charge in [0.05, 0.1) is 6.04 Å². The molecular formula is C23H23NO6. The van der Waals surface area contributed by atoms with Crippen molar-refractivity contribution in [3.8, 4) is 5.75 Å². The van der Waals surface area contributed by atoms with Crippen LogP contribution in [-0.4, -0.2) is 30.9 Å². The first-order valence-electron chi connectivity index (χ1n) is 9.65. The number of ether oxygens (including phenoxy) is 2. The van der Waals surface area contributed by atoms with Gasteiger partial charge in [-0.1, -0.05) is 25.1 Å². The molecule has 0 aliphatic heterocycles. The summed E-state index contributed by atoms with van der Waals surface area (Å²) in [6.07, 6.45) is 0.420. The zero-order valence-corrected chi connectivity index (χ0v) is 16.8. The van der Waals surface area contributed by atoms with Crippen molar-refractivity contribution in [2.75, 3.05) is 13.2 Å². The van der Waals surface area contributed by atoms with E-state index in [-0.39, 0.29) is 18.4 Å². The third-order valence-electron chi connectivity index (χ3n) is 4.47. The molecule has 156 valence electrons. The minimum absolute atomic E-state index is 0.0313. The Morgan fingerprint density at radius 1 is 1.03 bits per heavy atom. The molecule has 3 rings (SSSR count). The van der Waals surface area contributed by atoms with Gasteiger partial charge >= 0.3 is 5.97 Å². The summed E-state index contributed by atoms with van der Waals surface area (Å²) in [6.45, 7) is 2.81. The second-order valence-electron chi connectivity index (χ2n) is 6.73. The van der Waals surface area contributed by atoms with Gasteiger partial charge in [-0.25, -0.2) is 4.79 Å². The van der Waals surface area contributed by atoms with Crippen molar-refractivity contribution < 1.29 is 28.3 Å². The Bertz CT molecular complexity index is 1000. The zero-order valence-electron chi connectivity index (χ0n) is 16.8. The first-order chi connectivity index (χ1) is 14.5. The van der Waals surface area contributed by atoms with Gasteiger partial charge in [0, 0.05) is 17.4 Å². The molecule has 0 bridgehead atoms. The van der Waals surface area contributed by atoms with Crippen LogP contribution in [0.1, 0.15) is 42.4 Å². The molecule has 0 radical (unpaired) electrons. The molecule has 2 aromatic carbocycles. The van der Waals surface area contributed by atoms with Gasteiger partial charge in [0.25, 0.3) is 5.91 Å². The van der Waals surface area contributed by atoms with Crippen molar-refractivity contribution in [3.05, 3.63) is 65.9 Å². The average Bonchev–Trinajstić information content (AvgIpc) is 3.20. The van der Waals surface area contributed by atoms with E-state index in [4.69, 9.17) is 13.9 Å². The smallest absolute Gasteiger partial charge is 0.344 e. The predicted molar refractivity (Wildman–Crippen MR) is 110 cm³/mol. The molecule has 7 heteroatoms. The normalized spacial score (nSPS) is 11.7. The number of hydrogen-bond donors (Lipinski definition) is 1. The van der Waals surface area contributed by atoms with Crippen molar-refractivity contribution in [2.24, 2.45) is 0 Å². The molecule has 1 heterocycles. The Morgan fingerprint density at radius 3 is 2.47 bits per heavy atom. The lowest BCUT2D eigenvalue weighted by atomic mass is 10.1. The van der Waals surface area contributed by atoms with Crippen LogP contribution in [0.15, 0.2) is 59.0 Å². The second kappa shape index (κ2) is 9.73. The van der Waals surface area contributed by atoms with Crippen LogP contribution >= 0.6 is 0 Å². The van der Waals surface area contributed by atoms with Crippen LogP contribution in [0.5, 0.6) is 5.75 Å². The van der Waals surface area contributed by atoms with Gasteiger partial charge in [-0.2, -0.15) is 0 Å². The Labute approximate surface area is 174 Å². The highest BCUT2D eigenvalue weighted by atomic mass is 16.6. The third-order valence-corrected chi connectivity index (χ3v) is 4.47. The number of fused-ring (bicyclic) bond motifs is 1. The maximum Gasteiger partial charge on any atom is 0.344 e. The van der Waals surface area contributed by atoms with E-state index < -0.39 is 18.5 Å². The molecule has 1 N–H and O–H groups in total. The summed E-state index contributed by atoms with van der Waals surface area (Å²) in [5, 5.41) is 3.67. The third kappa shape index (κ3) is 5.47. The summed E-state index contributed by atoms with van der Waals surface area (Å²) in [6, 6.07) is 15.5. The summed E-state index contributed by atoms with van der Waals surface area (Å²) in [5.41, 5.74) is 1.33. The van der Waals surface area contributed by atoms with Gasteiger partial charge in [-0.15, -0.1) is 0 Å². The minimum atomic E-state index is -0.671. The molecule has 30 heavy (non-hydrogen) atoms.